The number of carbonyl (C=O) groups excluding carboxylic acids is 2. The van der Waals surface area contributed by atoms with Crippen LogP contribution in [-0.4, -0.2) is 22.8 Å². The molecular formula is C25H24ClFN2O3. The second-order valence-electron chi connectivity index (χ2n) is 7.92. The predicted molar refractivity (Wildman–Crippen MR) is 120 cm³/mol. The van der Waals surface area contributed by atoms with Gasteiger partial charge in [-0.25, -0.2) is 4.39 Å². The quantitative estimate of drug-likeness (QED) is 0.511. The number of nitrogens with zero attached hydrogens (tertiary/aromatic N) is 1. The van der Waals surface area contributed by atoms with E-state index in [0.717, 1.165) is 25.7 Å². The minimum absolute atomic E-state index is 0.0102. The second kappa shape index (κ2) is 10.0. The van der Waals surface area contributed by atoms with Crippen molar-refractivity contribution in [3.63, 3.8) is 0 Å². The second-order valence-corrected chi connectivity index (χ2v) is 8.32. The molecule has 1 heterocycles. The molecule has 0 aliphatic heterocycles. The maximum absolute atomic E-state index is 14.9. The molecule has 5 nitrogen and oxygen atoms in total. The van der Waals surface area contributed by atoms with Crippen LogP contribution in [0.3, 0.4) is 0 Å². The smallest absolute Gasteiger partial charge is 0.290 e. The number of benzene rings is 2. The number of nitrogens with one attached hydrogen (secondary N) is 1. The molecule has 166 valence electrons. The molecule has 1 saturated carbocycles. The number of furan rings is 1. The van der Waals surface area contributed by atoms with E-state index in [0.29, 0.717) is 10.6 Å². The Morgan fingerprint density at radius 2 is 1.78 bits per heavy atom. The summed E-state index contributed by atoms with van der Waals surface area (Å²) in [4.78, 5) is 28.3. The van der Waals surface area contributed by atoms with E-state index in [1.165, 1.54) is 29.4 Å². The summed E-state index contributed by atoms with van der Waals surface area (Å²) >= 11 is 6.36. The topological polar surface area (TPSA) is 62.6 Å². The molecule has 1 aromatic heterocycles. The highest BCUT2D eigenvalue weighted by molar-refractivity contribution is 6.31. The van der Waals surface area contributed by atoms with Crippen molar-refractivity contribution >= 4 is 23.4 Å². The summed E-state index contributed by atoms with van der Waals surface area (Å²) in [6, 6.07) is 15.0. The van der Waals surface area contributed by atoms with E-state index < -0.39 is 23.7 Å². The summed E-state index contributed by atoms with van der Waals surface area (Å²) < 4.78 is 20.3. The van der Waals surface area contributed by atoms with Gasteiger partial charge in [-0.05, 0) is 42.7 Å². The zero-order valence-corrected chi connectivity index (χ0v) is 18.2. The van der Waals surface area contributed by atoms with Gasteiger partial charge in [0.2, 0.25) is 5.91 Å². The molecule has 1 aliphatic rings. The van der Waals surface area contributed by atoms with Gasteiger partial charge in [0.05, 0.1) is 6.26 Å². The van der Waals surface area contributed by atoms with Crippen LogP contribution in [-0.2, 0) is 11.3 Å². The Labute approximate surface area is 191 Å². The predicted octanol–water partition coefficient (Wildman–Crippen LogP) is 5.51. The molecule has 3 aromatic rings. The first-order valence-electron chi connectivity index (χ1n) is 10.7. The van der Waals surface area contributed by atoms with Gasteiger partial charge in [0.1, 0.15) is 11.9 Å². The van der Waals surface area contributed by atoms with E-state index in [9.17, 15) is 14.0 Å². The van der Waals surface area contributed by atoms with Gasteiger partial charge < -0.3 is 14.6 Å². The first-order chi connectivity index (χ1) is 15.5. The van der Waals surface area contributed by atoms with Crippen LogP contribution in [0.25, 0.3) is 0 Å². The van der Waals surface area contributed by atoms with Crippen LogP contribution in [0.4, 0.5) is 4.39 Å². The number of hydrogen-bond donors (Lipinski definition) is 1. The van der Waals surface area contributed by atoms with Gasteiger partial charge in [-0.2, -0.15) is 0 Å². The molecule has 1 aliphatic carbocycles. The van der Waals surface area contributed by atoms with Crippen molar-refractivity contribution in [2.24, 2.45) is 0 Å². The molecule has 0 saturated heterocycles. The third-order valence-electron chi connectivity index (χ3n) is 5.75. The SMILES string of the molecule is O=C(NC1CCCC1)[C@@H](c1ccccc1F)N(Cc1ccccc1Cl)C(=O)c1ccco1. The molecule has 1 fully saturated rings. The molecule has 0 radical (unpaired) electrons. The highest BCUT2D eigenvalue weighted by atomic mass is 35.5. The van der Waals surface area contributed by atoms with Crippen molar-refractivity contribution in [3.05, 3.63) is 94.7 Å². The van der Waals surface area contributed by atoms with Gasteiger partial charge in [-0.15, -0.1) is 0 Å². The van der Waals surface area contributed by atoms with Gasteiger partial charge in [-0.3, -0.25) is 9.59 Å². The van der Waals surface area contributed by atoms with Crippen LogP contribution >= 0.6 is 11.6 Å². The van der Waals surface area contributed by atoms with E-state index >= 15 is 0 Å². The minimum atomic E-state index is -1.19. The minimum Gasteiger partial charge on any atom is -0.459 e. The molecule has 2 aromatic carbocycles. The lowest BCUT2D eigenvalue weighted by Gasteiger charge is -2.32. The van der Waals surface area contributed by atoms with Crippen molar-refractivity contribution in [3.8, 4) is 0 Å². The van der Waals surface area contributed by atoms with Crippen LogP contribution in [0.1, 0.15) is 53.4 Å². The molecule has 1 N–H and O–H groups in total. The van der Waals surface area contributed by atoms with Gasteiger partial charge in [0.25, 0.3) is 5.91 Å². The van der Waals surface area contributed by atoms with Gasteiger partial charge in [0.15, 0.2) is 5.76 Å². The molecule has 2 amide bonds. The van der Waals surface area contributed by atoms with E-state index in [1.807, 2.05) is 0 Å². The molecule has 0 bridgehead atoms. The number of carbonyl (C=O) groups is 2. The first kappa shape index (κ1) is 22.1. The molecule has 0 spiro atoms. The monoisotopic (exact) mass is 454 g/mol. The Hall–Kier alpha value is -3.12. The number of hydrogen-bond acceptors (Lipinski definition) is 3. The third kappa shape index (κ3) is 4.86. The molecule has 4 rings (SSSR count). The van der Waals surface area contributed by atoms with Gasteiger partial charge >= 0.3 is 0 Å². The lowest BCUT2D eigenvalue weighted by Crippen LogP contribution is -2.46. The standard InChI is InChI=1S/C25H24ClFN2O3/c26-20-12-5-1-8-17(20)16-29(25(31)22-14-7-15-32-22)23(19-11-4-6-13-21(19)27)24(30)28-18-9-2-3-10-18/h1,4-8,11-15,18,23H,2-3,9-10,16H2,(H,28,30)/t23-/m1/s1. The first-order valence-corrected chi connectivity index (χ1v) is 11.0. The number of halogens is 2. The Bertz CT molecular complexity index is 1080. The van der Waals surface area contributed by atoms with Crippen molar-refractivity contribution in [1.29, 1.82) is 0 Å². The molecule has 7 heteroatoms. The molecule has 32 heavy (non-hydrogen) atoms. The van der Waals surface area contributed by atoms with Crippen molar-refractivity contribution in [2.45, 2.75) is 44.3 Å². The number of rotatable bonds is 7. The fourth-order valence-electron chi connectivity index (χ4n) is 4.13. The van der Waals surface area contributed by atoms with E-state index in [1.54, 1.807) is 42.5 Å². The van der Waals surface area contributed by atoms with Crippen LogP contribution in [0, 0.1) is 5.82 Å². The molecule has 0 unspecified atom stereocenters. The summed E-state index contributed by atoms with van der Waals surface area (Å²) in [5, 5.41) is 3.47. The highest BCUT2D eigenvalue weighted by Crippen LogP contribution is 2.30. The van der Waals surface area contributed by atoms with Crippen LogP contribution in [0.15, 0.2) is 71.3 Å². The maximum Gasteiger partial charge on any atom is 0.290 e. The fraction of sp³-hybridized carbons (Fsp3) is 0.280. The summed E-state index contributed by atoms with van der Waals surface area (Å²) in [5.41, 5.74) is 0.763. The Morgan fingerprint density at radius 3 is 2.47 bits per heavy atom. The van der Waals surface area contributed by atoms with Crippen molar-refractivity contribution in [1.82, 2.24) is 10.2 Å². The lowest BCUT2D eigenvalue weighted by atomic mass is 10.0. The summed E-state index contributed by atoms with van der Waals surface area (Å²) in [6.45, 7) is 0.0102. The van der Waals surface area contributed by atoms with Crippen LogP contribution < -0.4 is 5.32 Å². The zero-order chi connectivity index (χ0) is 22.5. The third-order valence-corrected chi connectivity index (χ3v) is 6.12. The van der Waals surface area contributed by atoms with Crippen LogP contribution in [0.2, 0.25) is 5.02 Å². The normalized spacial score (nSPS) is 14.8. The summed E-state index contributed by atoms with van der Waals surface area (Å²) in [5.74, 6) is -1.44. The van der Waals surface area contributed by atoms with Crippen molar-refractivity contribution in [2.75, 3.05) is 0 Å². The van der Waals surface area contributed by atoms with Gasteiger partial charge in [-0.1, -0.05) is 60.8 Å². The van der Waals surface area contributed by atoms with E-state index in [4.69, 9.17) is 16.0 Å². The van der Waals surface area contributed by atoms with E-state index in [2.05, 4.69) is 5.32 Å². The number of amides is 2. The summed E-state index contributed by atoms with van der Waals surface area (Å²) in [7, 11) is 0. The molecular weight excluding hydrogens is 431 g/mol. The Morgan fingerprint density at radius 1 is 1.06 bits per heavy atom. The summed E-state index contributed by atoms with van der Waals surface area (Å²) in [6.07, 6.45) is 5.18. The lowest BCUT2D eigenvalue weighted by molar-refractivity contribution is -0.127. The molecule has 1 atom stereocenters. The Balaban J connectivity index is 1.77. The van der Waals surface area contributed by atoms with Crippen LogP contribution in [0.5, 0.6) is 0 Å². The Kier molecular flexibility index (Phi) is 6.90. The van der Waals surface area contributed by atoms with E-state index in [-0.39, 0.29) is 23.9 Å². The average Bonchev–Trinajstić information content (AvgIpc) is 3.50. The average molecular weight is 455 g/mol. The van der Waals surface area contributed by atoms with Gasteiger partial charge in [0, 0.05) is 23.2 Å². The highest BCUT2D eigenvalue weighted by Gasteiger charge is 2.36. The largest absolute Gasteiger partial charge is 0.459 e. The zero-order valence-electron chi connectivity index (χ0n) is 17.5. The maximum atomic E-state index is 14.9. The fourth-order valence-corrected chi connectivity index (χ4v) is 4.33. The van der Waals surface area contributed by atoms with Crippen molar-refractivity contribution < 1.29 is 18.4 Å².